The predicted molar refractivity (Wildman–Crippen MR) is 110 cm³/mol. The summed E-state index contributed by atoms with van der Waals surface area (Å²) in [6.45, 7) is 2.93. The smallest absolute Gasteiger partial charge is 0.337 e. The summed E-state index contributed by atoms with van der Waals surface area (Å²) >= 11 is 8.98. The highest BCUT2D eigenvalue weighted by molar-refractivity contribution is 7.97. The van der Waals surface area contributed by atoms with Crippen molar-refractivity contribution in [3.05, 3.63) is 71.3 Å². The topological polar surface area (TPSA) is 79.9 Å². The Hall–Kier alpha value is -2.09. The molecule has 6 nitrogen and oxygen atoms in total. The van der Waals surface area contributed by atoms with Gasteiger partial charge in [0.2, 0.25) is 0 Å². The molecule has 2 N–H and O–H groups in total. The lowest BCUT2D eigenvalue weighted by Gasteiger charge is -2.47. The van der Waals surface area contributed by atoms with Crippen molar-refractivity contribution >= 4 is 29.5 Å². The zero-order valence-electron chi connectivity index (χ0n) is 15.6. The van der Waals surface area contributed by atoms with Crippen molar-refractivity contribution in [2.75, 3.05) is 13.7 Å². The number of aromatic nitrogens is 3. The fraction of sp³-hybridized carbons (Fsp3) is 0.350. The van der Waals surface area contributed by atoms with Crippen LogP contribution in [-0.4, -0.2) is 34.8 Å². The first-order valence-electron chi connectivity index (χ1n) is 9.01. The van der Waals surface area contributed by atoms with E-state index < -0.39 is 16.3 Å². The van der Waals surface area contributed by atoms with E-state index in [0.29, 0.717) is 11.3 Å². The largest absolute Gasteiger partial charge is 0.465 e. The van der Waals surface area contributed by atoms with Crippen LogP contribution in [0.25, 0.3) is 0 Å². The molecule has 3 atom stereocenters. The second-order valence-corrected chi connectivity index (χ2v) is 8.67. The van der Waals surface area contributed by atoms with E-state index in [1.165, 1.54) is 7.11 Å². The van der Waals surface area contributed by atoms with Gasteiger partial charge in [-0.1, -0.05) is 37.1 Å². The molecule has 0 spiro atoms. The van der Waals surface area contributed by atoms with Crippen molar-refractivity contribution in [2.24, 2.45) is 5.41 Å². The molecule has 0 bridgehead atoms. The van der Waals surface area contributed by atoms with E-state index >= 15 is 0 Å². The summed E-state index contributed by atoms with van der Waals surface area (Å²) in [4.78, 5) is 15.7. The van der Waals surface area contributed by atoms with Gasteiger partial charge in [-0.3, -0.25) is 14.8 Å². The van der Waals surface area contributed by atoms with E-state index in [-0.39, 0.29) is 5.25 Å². The van der Waals surface area contributed by atoms with Gasteiger partial charge in [0.15, 0.2) is 0 Å². The van der Waals surface area contributed by atoms with Crippen molar-refractivity contribution in [3.63, 3.8) is 0 Å². The van der Waals surface area contributed by atoms with Gasteiger partial charge in [0.1, 0.15) is 4.87 Å². The Morgan fingerprint density at radius 3 is 3.04 bits per heavy atom. The number of nitrogens with zero attached hydrogens (tertiary/aromatic N) is 2. The first kappa shape index (κ1) is 19.2. The highest BCUT2D eigenvalue weighted by atomic mass is 35.5. The number of rotatable bonds is 3. The van der Waals surface area contributed by atoms with Crippen molar-refractivity contribution in [1.29, 1.82) is 0 Å². The van der Waals surface area contributed by atoms with E-state index in [9.17, 15) is 4.79 Å². The standard InChI is InChI=1S/C20H21ClN4O2S/c1-19(17-14-12-23-25-15(14)7-10-24-28-17)8-6-13(18(26)27-2)11-20(19,21)16-5-3-4-9-22-16/h3-6,8-9,11-12,17,24H,7,10H2,1-2H3,(H,23,25). The normalized spacial score (nSPS) is 29.5. The molecule has 146 valence electrons. The third kappa shape index (κ3) is 2.98. The van der Waals surface area contributed by atoms with E-state index in [4.69, 9.17) is 16.3 Å². The quantitative estimate of drug-likeness (QED) is 0.453. The van der Waals surface area contributed by atoms with Crippen LogP contribution in [0, 0.1) is 5.41 Å². The van der Waals surface area contributed by atoms with Gasteiger partial charge >= 0.3 is 5.97 Å². The average Bonchev–Trinajstić information content (AvgIpc) is 3.08. The van der Waals surface area contributed by atoms with Crippen LogP contribution >= 0.6 is 23.5 Å². The van der Waals surface area contributed by atoms with Crippen molar-refractivity contribution in [2.45, 2.75) is 23.5 Å². The van der Waals surface area contributed by atoms with Gasteiger partial charge in [-0.25, -0.2) is 4.79 Å². The molecule has 2 aliphatic rings. The van der Waals surface area contributed by atoms with Crippen molar-refractivity contribution < 1.29 is 9.53 Å². The van der Waals surface area contributed by atoms with Crippen LogP contribution in [0.1, 0.15) is 29.1 Å². The van der Waals surface area contributed by atoms with E-state index in [1.54, 1.807) is 30.3 Å². The molecule has 1 aliphatic carbocycles. The number of hydrogen-bond donors (Lipinski definition) is 2. The number of methoxy groups -OCH3 is 1. The molecule has 3 unspecified atom stereocenters. The Kier molecular flexibility index (Phi) is 5.07. The maximum atomic E-state index is 12.2. The summed E-state index contributed by atoms with van der Waals surface area (Å²) in [5.74, 6) is -0.421. The fourth-order valence-electron chi connectivity index (χ4n) is 3.83. The van der Waals surface area contributed by atoms with Gasteiger partial charge in [-0.05, 0) is 18.2 Å². The van der Waals surface area contributed by atoms with Crippen LogP contribution in [-0.2, 0) is 20.8 Å². The summed E-state index contributed by atoms with van der Waals surface area (Å²) in [5.41, 5.74) is 2.71. The lowest BCUT2D eigenvalue weighted by molar-refractivity contribution is -0.135. The summed E-state index contributed by atoms with van der Waals surface area (Å²) in [5, 5.41) is 7.33. The molecule has 0 amide bonds. The van der Waals surface area contributed by atoms with E-state index in [1.807, 2.05) is 30.5 Å². The van der Waals surface area contributed by atoms with Crippen LogP contribution < -0.4 is 4.72 Å². The van der Waals surface area contributed by atoms with E-state index in [0.717, 1.165) is 24.2 Å². The monoisotopic (exact) mass is 416 g/mol. The summed E-state index contributed by atoms with van der Waals surface area (Å²) in [7, 11) is 1.37. The molecule has 0 radical (unpaired) electrons. The average molecular weight is 417 g/mol. The number of carbonyl (C=O) groups is 1. The number of aromatic amines is 1. The van der Waals surface area contributed by atoms with Crippen LogP contribution in [0.2, 0.25) is 0 Å². The number of halogens is 1. The number of fused-ring (bicyclic) bond motifs is 1. The zero-order chi connectivity index (χ0) is 19.8. The molecule has 3 heterocycles. The molecular formula is C20H21ClN4O2S. The number of carbonyl (C=O) groups excluding carboxylic acids is 1. The zero-order valence-corrected chi connectivity index (χ0v) is 17.2. The van der Waals surface area contributed by atoms with Crippen molar-refractivity contribution in [1.82, 2.24) is 19.9 Å². The lowest BCUT2D eigenvalue weighted by Crippen LogP contribution is -2.43. The summed E-state index contributed by atoms with van der Waals surface area (Å²) < 4.78 is 8.36. The third-order valence-electron chi connectivity index (χ3n) is 5.46. The van der Waals surface area contributed by atoms with E-state index in [2.05, 4.69) is 26.8 Å². The highest BCUT2D eigenvalue weighted by Gasteiger charge is 2.54. The molecule has 4 rings (SSSR count). The second-order valence-electron chi connectivity index (χ2n) is 7.08. The minimum atomic E-state index is -1.05. The Labute approximate surface area is 172 Å². The van der Waals surface area contributed by atoms with Gasteiger partial charge in [0, 0.05) is 35.8 Å². The Morgan fingerprint density at radius 2 is 2.29 bits per heavy atom. The van der Waals surface area contributed by atoms with Crippen LogP contribution in [0.4, 0.5) is 0 Å². The Bertz CT molecular complexity index is 945. The molecule has 0 aromatic carbocycles. The van der Waals surface area contributed by atoms with Gasteiger partial charge in [0.05, 0.1) is 29.8 Å². The molecule has 2 aromatic rings. The predicted octanol–water partition coefficient (Wildman–Crippen LogP) is 3.45. The molecular weight excluding hydrogens is 396 g/mol. The molecule has 0 saturated carbocycles. The third-order valence-corrected chi connectivity index (χ3v) is 7.52. The minimum absolute atomic E-state index is 0.0463. The molecule has 1 aliphatic heterocycles. The maximum Gasteiger partial charge on any atom is 0.337 e. The van der Waals surface area contributed by atoms with Gasteiger partial charge in [-0.15, -0.1) is 11.6 Å². The summed E-state index contributed by atoms with van der Waals surface area (Å²) in [6, 6.07) is 5.64. The Morgan fingerprint density at radius 1 is 1.43 bits per heavy atom. The Balaban J connectivity index is 1.89. The number of allylic oxidation sites excluding steroid dienone is 2. The molecule has 8 heteroatoms. The SMILES string of the molecule is COC(=O)C1=CC(Cl)(c2ccccn2)C(C)(C2SNCCc3[nH]ncc32)C=C1. The van der Waals surface area contributed by atoms with Crippen LogP contribution in [0.3, 0.4) is 0 Å². The first-order valence-corrected chi connectivity index (χ1v) is 10.3. The number of ether oxygens (including phenoxy) is 1. The van der Waals surface area contributed by atoms with Crippen LogP contribution in [0.15, 0.2) is 54.4 Å². The lowest BCUT2D eigenvalue weighted by atomic mass is 9.66. The van der Waals surface area contributed by atoms with Gasteiger partial charge in [0.25, 0.3) is 0 Å². The number of alkyl halides is 1. The number of H-pyrrole nitrogens is 1. The molecule has 28 heavy (non-hydrogen) atoms. The molecule has 2 aromatic heterocycles. The number of nitrogens with one attached hydrogen (secondary N) is 2. The van der Waals surface area contributed by atoms with Gasteiger partial charge < -0.3 is 4.74 Å². The van der Waals surface area contributed by atoms with Crippen molar-refractivity contribution in [3.8, 4) is 0 Å². The fourth-order valence-corrected chi connectivity index (χ4v) is 5.52. The minimum Gasteiger partial charge on any atom is -0.465 e. The number of pyridine rings is 1. The number of hydrogen-bond acceptors (Lipinski definition) is 6. The van der Waals surface area contributed by atoms with Gasteiger partial charge in [-0.2, -0.15) is 5.10 Å². The number of esters is 1. The molecule has 0 fully saturated rings. The first-order chi connectivity index (χ1) is 13.5. The van der Waals surface area contributed by atoms with Crippen LogP contribution in [0.5, 0.6) is 0 Å². The highest BCUT2D eigenvalue weighted by Crippen LogP contribution is 2.60. The second kappa shape index (κ2) is 7.39. The molecule has 0 saturated heterocycles. The maximum absolute atomic E-state index is 12.2. The summed E-state index contributed by atoms with van der Waals surface area (Å²) in [6.07, 6.45) is 10.0.